The van der Waals surface area contributed by atoms with Gasteiger partial charge in [-0.2, -0.15) is 5.10 Å². The van der Waals surface area contributed by atoms with Crippen LogP contribution in [0.3, 0.4) is 0 Å². The highest BCUT2D eigenvalue weighted by Crippen LogP contribution is 2.38. The highest BCUT2D eigenvalue weighted by molar-refractivity contribution is 6.33. The van der Waals surface area contributed by atoms with Crippen LogP contribution in [0.15, 0.2) is 35.0 Å². The van der Waals surface area contributed by atoms with Crippen molar-refractivity contribution in [2.45, 2.75) is 46.6 Å². The SMILES string of the molecule is CC(C)(C)C1CCc2onc(C(=O)Nc3nn(Cc4ccc(F)cc4)cc3Cl)c2C1. The molecule has 1 aliphatic rings. The lowest BCUT2D eigenvalue weighted by Gasteiger charge is -2.33. The number of rotatable bonds is 4. The Labute approximate surface area is 179 Å². The molecule has 0 saturated heterocycles. The van der Waals surface area contributed by atoms with Gasteiger partial charge < -0.3 is 9.84 Å². The Balaban J connectivity index is 1.50. The summed E-state index contributed by atoms with van der Waals surface area (Å²) in [6, 6.07) is 6.14. The minimum absolute atomic E-state index is 0.144. The Morgan fingerprint density at radius 3 is 2.77 bits per heavy atom. The predicted octanol–water partition coefficient (Wildman–Crippen LogP) is 5.12. The van der Waals surface area contributed by atoms with E-state index in [9.17, 15) is 9.18 Å². The van der Waals surface area contributed by atoms with E-state index >= 15 is 0 Å². The molecule has 0 aliphatic heterocycles. The third-order valence-electron chi connectivity index (χ3n) is 5.69. The van der Waals surface area contributed by atoms with Gasteiger partial charge in [0.2, 0.25) is 0 Å². The summed E-state index contributed by atoms with van der Waals surface area (Å²) >= 11 is 6.27. The summed E-state index contributed by atoms with van der Waals surface area (Å²) in [5.41, 5.74) is 2.18. The fourth-order valence-electron chi connectivity index (χ4n) is 3.83. The maximum atomic E-state index is 13.1. The number of amides is 1. The number of halogens is 2. The first kappa shape index (κ1) is 20.6. The molecule has 0 fully saturated rings. The number of fused-ring (bicyclic) bond motifs is 1. The Morgan fingerprint density at radius 1 is 1.33 bits per heavy atom. The molecule has 0 bridgehead atoms. The normalized spacial score (nSPS) is 16.4. The smallest absolute Gasteiger partial charge is 0.279 e. The Kier molecular flexibility index (Phi) is 5.40. The molecule has 2 heterocycles. The summed E-state index contributed by atoms with van der Waals surface area (Å²) in [6.07, 6.45) is 4.18. The number of anilines is 1. The number of carbonyl (C=O) groups excluding carboxylic acids is 1. The zero-order valence-electron chi connectivity index (χ0n) is 17.2. The zero-order valence-corrected chi connectivity index (χ0v) is 18.0. The summed E-state index contributed by atoms with van der Waals surface area (Å²) in [5, 5.41) is 11.4. The summed E-state index contributed by atoms with van der Waals surface area (Å²) in [7, 11) is 0. The standard InChI is InChI=1S/C22H24ClFN4O2/c1-22(2,3)14-6-9-18-16(10-14)19(27-30-18)21(29)25-20-17(23)12-28(26-20)11-13-4-7-15(24)8-5-13/h4-5,7-8,12,14H,6,9-11H2,1-3H3,(H,25,26,29). The molecule has 2 aromatic heterocycles. The topological polar surface area (TPSA) is 73.0 Å². The Morgan fingerprint density at radius 2 is 2.07 bits per heavy atom. The van der Waals surface area contributed by atoms with Crippen LogP contribution in [0.5, 0.6) is 0 Å². The van der Waals surface area contributed by atoms with E-state index < -0.39 is 0 Å². The number of carbonyl (C=O) groups is 1. The zero-order chi connectivity index (χ0) is 21.5. The van der Waals surface area contributed by atoms with Crippen molar-refractivity contribution in [2.24, 2.45) is 11.3 Å². The molecule has 6 nitrogen and oxygen atoms in total. The van der Waals surface area contributed by atoms with Gasteiger partial charge in [0, 0.05) is 18.2 Å². The molecule has 0 saturated carbocycles. The minimum atomic E-state index is -0.386. The quantitative estimate of drug-likeness (QED) is 0.623. The molecular weight excluding hydrogens is 407 g/mol. The van der Waals surface area contributed by atoms with Gasteiger partial charge in [0.05, 0.1) is 6.54 Å². The highest BCUT2D eigenvalue weighted by Gasteiger charge is 2.34. The van der Waals surface area contributed by atoms with Gasteiger partial charge in [-0.05, 0) is 41.9 Å². The van der Waals surface area contributed by atoms with E-state index in [0.29, 0.717) is 23.2 Å². The molecule has 8 heteroatoms. The van der Waals surface area contributed by atoms with Crippen molar-refractivity contribution < 1.29 is 13.7 Å². The molecule has 1 unspecified atom stereocenters. The van der Waals surface area contributed by atoms with Crippen LogP contribution >= 0.6 is 11.6 Å². The van der Waals surface area contributed by atoms with Gasteiger partial charge in [-0.15, -0.1) is 0 Å². The molecule has 1 N–H and O–H groups in total. The summed E-state index contributed by atoms with van der Waals surface area (Å²) < 4.78 is 20.1. The minimum Gasteiger partial charge on any atom is -0.360 e. The monoisotopic (exact) mass is 430 g/mol. The van der Waals surface area contributed by atoms with Crippen molar-refractivity contribution >= 4 is 23.3 Å². The molecule has 4 rings (SSSR count). The molecule has 0 spiro atoms. The third-order valence-corrected chi connectivity index (χ3v) is 5.96. The van der Waals surface area contributed by atoms with E-state index in [1.807, 2.05) is 0 Å². The number of hydrogen-bond acceptors (Lipinski definition) is 4. The lowest BCUT2D eigenvalue weighted by Crippen LogP contribution is -2.27. The van der Waals surface area contributed by atoms with Crippen molar-refractivity contribution in [1.82, 2.24) is 14.9 Å². The molecule has 30 heavy (non-hydrogen) atoms. The van der Waals surface area contributed by atoms with Crippen molar-refractivity contribution in [3.05, 3.63) is 63.9 Å². The van der Waals surface area contributed by atoms with E-state index in [1.54, 1.807) is 23.0 Å². The number of aromatic nitrogens is 3. The van der Waals surface area contributed by atoms with Gasteiger partial charge in [0.1, 0.15) is 16.6 Å². The largest absolute Gasteiger partial charge is 0.360 e. The second-order valence-corrected chi connectivity index (χ2v) is 9.25. The van der Waals surface area contributed by atoms with Crippen LogP contribution in [0.4, 0.5) is 10.2 Å². The van der Waals surface area contributed by atoms with Gasteiger partial charge >= 0.3 is 0 Å². The molecule has 0 radical (unpaired) electrons. The van der Waals surface area contributed by atoms with Crippen molar-refractivity contribution in [3.63, 3.8) is 0 Å². The molecule has 3 aromatic rings. The van der Waals surface area contributed by atoms with Gasteiger partial charge in [-0.25, -0.2) is 4.39 Å². The Bertz CT molecular complexity index is 1070. The maximum Gasteiger partial charge on any atom is 0.279 e. The summed E-state index contributed by atoms with van der Waals surface area (Å²) in [4.78, 5) is 12.9. The maximum absolute atomic E-state index is 13.1. The van der Waals surface area contributed by atoms with Crippen LogP contribution in [0.2, 0.25) is 5.02 Å². The van der Waals surface area contributed by atoms with Crippen LogP contribution < -0.4 is 5.32 Å². The van der Waals surface area contributed by atoms with Crippen LogP contribution in [0, 0.1) is 17.2 Å². The number of aryl methyl sites for hydroxylation is 1. The van der Waals surface area contributed by atoms with Crippen molar-refractivity contribution in [1.29, 1.82) is 0 Å². The van der Waals surface area contributed by atoms with Crippen LogP contribution in [0.1, 0.15) is 54.6 Å². The van der Waals surface area contributed by atoms with Crippen LogP contribution in [0.25, 0.3) is 0 Å². The second-order valence-electron chi connectivity index (χ2n) is 8.84. The first-order valence-electron chi connectivity index (χ1n) is 9.97. The number of nitrogens with one attached hydrogen (secondary N) is 1. The van der Waals surface area contributed by atoms with Gasteiger partial charge in [-0.1, -0.05) is 49.7 Å². The molecule has 1 amide bonds. The van der Waals surface area contributed by atoms with Gasteiger partial charge in [-0.3, -0.25) is 9.48 Å². The number of nitrogens with zero attached hydrogens (tertiary/aromatic N) is 3. The number of hydrogen-bond donors (Lipinski definition) is 1. The van der Waals surface area contributed by atoms with E-state index in [1.165, 1.54) is 12.1 Å². The lowest BCUT2D eigenvalue weighted by atomic mass is 9.71. The van der Waals surface area contributed by atoms with Crippen LogP contribution in [-0.2, 0) is 19.4 Å². The first-order valence-corrected chi connectivity index (χ1v) is 10.3. The summed E-state index contributed by atoms with van der Waals surface area (Å²) in [5.74, 6) is 0.810. The Hall–Kier alpha value is -2.67. The third kappa shape index (κ3) is 4.26. The van der Waals surface area contributed by atoms with Crippen molar-refractivity contribution in [2.75, 3.05) is 5.32 Å². The second kappa shape index (κ2) is 7.87. The van der Waals surface area contributed by atoms with Gasteiger partial charge in [0.15, 0.2) is 11.5 Å². The molecule has 158 valence electrons. The summed E-state index contributed by atoms with van der Waals surface area (Å²) in [6.45, 7) is 7.04. The van der Waals surface area contributed by atoms with E-state index in [2.05, 4.69) is 36.3 Å². The van der Waals surface area contributed by atoms with E-state index in [-0.39, 0.29) is 23.0 Å². The van der Waals surface area contributed by atoms with Gasteiger partial charge in [0.25, 0.3) is 5.91 Å². The molecule has 1 aromatic carbocycles. The average molecular weight is 431 g/mol. The van der Waals surface area contributed by atoms with E-state index in [0.717, 1.165) is 36.1 Å². The predicted molar refractivity (Wildman–Crippen MR) is 112 cm³/mol. The van der Waals surface area contributed by atoms with E-state index in [4.69, 9.17) is 16.1 Å². The average Bonchev–Trinajstić information content (AvgIpc) is 3.26. The van der Waals surface area contributed by atoms with Crippen LogP contribution in [-0.4, -0.2) is 20.8 Å². The molecule has 1 atom stereocenters. The molecular formula is C22H24ClFN4O2. The fraction of sp³-hybridized carbons (Fsp3) is 0.409. The fourth-order valence-corrected chi connectivity index (χ4v) is 4.03. The first-order chi connectivity index (χ1) is 14.2. The highest BCUT2D eigenvalue weighted by atomic mass is 35.5. The van der Waals surface area contributed by atoms with Crippen molar-refractivity contribution in [3.8, 4) is 0 Å². The lowest BCUT2D eigenvalue weighted by molar-refractivity contribution is 0.101. The molecule has 1 aliphatic carbocycles. The number of benzene rings is 1.